The van der Waals surface area contributed by atoms with Crippen LogP contribution in [0.3, 0.4) is 0 Å². The van der Waals surface area contributed by atoms with Crippen molar-refractivity contribution >= 4 is 11.9 Å². The monoisotopic (exact) mass is 342 g/mol. The van der Waals surface area contributed by atoms with Crippen LogP contribution in [0.15, 0.2) is 30.6 Å². The molecule has 1 atom stereocenters. The maximum absolute atomic E-state index is 12.8. The Hall–Kier alpha value is -2.83. The molecule has 2 aromatic rings. The van der Waals surface area contributed by atoms with Gasteiger partial charge in [0.25, 0.3) is 0 Å². The van der Waals surface area contributed by atoms with E-state index in [1.54, 1.807) is 38.5 Å². The summed E-state index contributed by atoms with van der Waals surface area (Å²) in [7, 11) is 5.17. The summed E-state index contributed by atoms with van der Waals surface area (Å²) in [6, 6.07) is 5.75. The van der Waals surface area contributed by atoms with Crippen LogP contribution < -0.4 is 14.8 Å². The zero-order chi connectivity index (χ0) is 17.8. The van der Waals surface area contributed by atoms with E-state index in [1.807, 2.05) is 18.2 Å². The smallest absolute Gasteiger partial charge is 0.229 e. The van der Waals surface area contributed by atoms with E-state index in [0.29, 0.717) is 31.3 Å². The number of nitrogens with one attached hydrogen (secondary N) is 1. The Balaban J connectivity index is 1.66. The molecule has 7 nitrogen and oxygen atoms in total. The number of benzene rings is 1. The fraction of sp³-hybridized carbons (Fsp3) is 0.389. The first-order valence-corrected chi connectivity index (χ1v) is 8.14. The Labute approximate surface area is 147 Å². The highest BCUT2D eigenvalue weighted by molar-refractivity contribution is 5.79. The number of aromatic nitrogens is 2. The van der Waals surface area contributed by atoms with E-state index in [1.165, 1.54) is 0 Å². The highest BCUT2D eigenvalue weighted by atomic mass is 16.5. The van der Waals surface area contributed by atoms with Crippen LogP contribution in [0.1, 0.15) is 11.1 Å². The highest BCUT2D eigenvalue weighted by Crippen LogP contribution is 2.36. The number of fused-ring (bicyclic) bond motifs is 1. The van der Waals surface area contributed by atoms with Gasteiger partial charge in [-0.1, -0.05) is 12.1 Å². The fourth-order valence-corrected chi connectivity index (χ4v) is 2.94. The lowest BCUT2D eigenvalue weighted by atomic mass is 9.95. The molecule has 132 valence electrons. The van der Waals surface area contributed by atoms with E-state index >= 15 is 0 Å². The van der Waals surface area contributed by atoms with Gasteiger partial charge in [-0.25, -0.2) is 9.97 Å². The number of nitrogens with zero attached hydrogens (tertiary/aromatic N) is 3. The van der Waals surface area contributed by atoms with Crippen molar-refractivity contribution in [2.45, 2.75) is 13.0 Å². The third-order valence-corrected chi connectivity index (χ3v) is 4.25. The first kappa shape index (κ1) is 17.0. The molecule has 1 amide bonds. The molecule has 1 aliphatic rings. The number of methoxy groups -OCH3 is 1. The maximum Gasteiger partial charge on any atom is 0.229 e. The number of carbonyl (C=O) groups is 1. The predicted molar refractivity (Wildman–Crippen MR) is 93.7 cm³/mol. The van der Waals surface area contributed by atoms with Crippen LogP contribution in [-0.4, -0.2) is 48.6 Å². The van der Waals surface area contributed by atoms with Crippen LogP contribution >= 0.6 is 0 Å². The average Bonchev–Trinajstić information content (AvgIpc) is 2.66. The SMILES string of the molecule is CNc1ncc(CN(C)C(=O)C2COc3c(cccc3OC)C2)cn1. The summed E-state index contributed by atoms with van der Waals surface area (Å²) in [4.78, 5) is 22.8. The van der Waals surface area contributed by atoms with Crippen LogP contribution in [0.4, 0.5) is 5.95 Å². The topological polar surface area (TPSA) is 76.6 Å². The number of ether oxygens (including phenoxy) is 2. The van der Waals surface area contributed by atoms with Gasteiger partial charge < -0.3 is 19.7 Å². The van der Waals surface area contributed by atoms with Crippen LogP contribution in [0, 0.1) is 5.92 Å². The van der Waals surface area contributed by atoms with E-state index < -0.39 is 0 Å². The number of amides is 1. The standard InChI is InChI=1S/C18H22N4O3/c1-19-18-20-8-12(9-21-18)10-22(2)17(23)14-7-13-5-4-6-15(24-3)16(13)25-11-14/h4-6,8-9,14H,7,10-11H2,1-3H3,(H,19,20,21). The number of hydrogen-bond acceptors (Lipinski definition) is 6. The van der Waals surface area contributed by atoms with Gasteiger partial charge in [0, 0.05) is 38.6 Å². The Bertz CT molecular complexity index is 748. The second-order valence-corrected chi connectivity index (χ2v) is 6.02. The molecule has 0 fully saturated rings. The van der Waals surface area contributed by atoms with Crippen LogP contribution in [0.25, 0.3) is 0 Å². The van der Waals surface area contributed by atoms with Crippen molar-refractivity contribution in [2.24, 2.45) is 5.92 Å². The van der Waals surface area contributed by atoms with Crippen LogP contribution in [-0.2, 0) is 17.8 Å². The molecule has 1 aliphatic heterocycles. The molecule has 7 heteroatoms. The minimum atomic E-state index is -0.206. The van der Waals surface area contributed by atoms with Gasteiger partial charge in [0.1, 0.15) is 6.61 Å². The predicted octanol–water partition coefficient (Wildman–Crippen LogP) is 1.74. The minimum absolute atomic E-state index is 0.0474. The molecule has 0 aliphatic carbocycles. The maximum atomic E-state index is 12.8. The summed E-state index contributed by atoms with van der Waals surface area (Å²) in [6.45, 7) is 0.816. The molecule has 25 heavy (non-hydrogen) atoms. The van der Waals surface area contributed by atoms with Gasteiger partial charge in [0.05, 0.1) is 13.0 Å². The summed E-state index contributed by atoms with van der Waals surface area (Å²) < 4.78 is 11.1. The van der Waals surface area contributed by atoms with Gasteiger partial charge in [-0.15, -0.1) is 0 Å². The van der Waals surface area contributed by atoms with Gasteiger partial charge in [0.15, 0.2) is 11.5 Å². The first-order chi connectivity index (χ1) is 12.1. The third-order valence-electron chi connectivity index (χ3n) is 4.25. The fourth-order valence-electron chi connectivity index (χ4n) is 2.94. The Morgan fingerprint density at radius 1 is 1.40 bits per heavy atom. The second kappa shape index (κ2) is 7.38. The van der Waals surface area contributed by atoms with Crippen LogP contribution in [0.2, 0.25) is 0 Å². The van der Waals surface area contributed by atoms with Gasteiger partial charge in [0.2, 0.25) is 11.9 Å². The molecule has 0 radical (unpaired) electrons. The summed E-state index contributed by atoms with van der Waals surface area (Å²) in [5.41, 5.74) is 1.88. The number of anilines is 1. The lowest BCUT2D eigenvalue weighted by Gasteiger charge is -2.29. The molecule has 1 aromatic carbocycles. The number of para-hydroxylation sites is 1. The summed E-state index contributed by atoms with van der Waals surface area (Å²) in [6.07, 6.45) is 4.09. The lowest BCUT2D eigenvalue weighted by molar-refractivity contribution is -0.136. The van der Waals surface area contributed by atoms with Crippen molar-refractivity contribution < 1.29 is 14.3 Å². The summed E-state index contributed by atoms with van der Waals surface area (Å²) >= 11 is 0. The van der Waals surface area contributed by atoms with E-state index in [4.69, 9.17) is 9.47 Å². The summed E-state index contributed by atoms with van der Waals surface area (Å²) in [5, 5.41) is 2.87. The van der Waals surface area contributed by atoms with Gasteiger partial charge >= 0.3 is 0 Å². The molecular weight excluding hydrogens is 320 g/mol. The van der Waals surface area contributed by atoms with Gasteiger partial charge in [-0.3, -0.25) is 4.79 Å². The number of hydrogen-bond donors (Lipinski definition) is 1. The largest absolute Gasteiger partial charge is 0.493 e. The third kappa shape index (κ3) is 3.65. The minimum Gasteiger partial charge on any atom is -0.493 e. The lowest BCUT2D eigenvalue weighted by Crippen LogP contribution is -2.38. The van der Waals surface area contributed by atoms with Gasteiger partial charge in [-0.2, -0.15) is 0 Å². The Morgan fingerprint density at radius 3 is 2.84 bits per heavy atom. The zero-order valence-corrected chi connectivity index (χ0v) is 14.7. The average molecular weight is 342 g/mol. The van der Waals surface area contributed by atoms with Crippen molar-refractivity contribution in [3.63, 3.8) is 0 Å². The Morgan fingerprint density at radius 2 is 2.16 bits per heavy atom. The molecule has 1 N–H and O–H groups in total. The van der Waals surface area contributed by atoms with Gasteiger partial charge in [-0.05, 0) is 18.1 Å². The molecule has 2 heterocycles. The zero-order valence-electron chi connectivity index (χ0n) is 14.7. The van der Waals surface area contributed by atoms with Crippen molar-refractivity contribution in [3.05, 3.63) is 41.7 Å². The Kier molecular flexibility index (Phi) is 5.02. The normalized spacial score (nSPS) is 15.7. The van der Waals surface area contributed by atoms with E-state index in [0.717, 1.165) is 16.9 Å². The van der Waals surface area contributed by atoms with Crippen molar-refractivity contribution in [2.75, 3.05) is 33.1 Å². The second-order valence-electron chi connectivity index (χ2n) is 6.02. The van der Waals surface area contributed by atoms with Crippen LogP contribution in [0.5, 0.6) is 11.5 Å². The van der Waals surface area contributed by atoms with Crippen molar-refractivity contribution in [1.82, 2.24) is 14.9 Å². The number of rotatable bonds is 5. The molecular formula is C18H22N4O3. The first-order valence-electron chi connectivity index (χ1n) is 8.14. The quantitative estimate of drug-likeness (QED) is 0.892. The molecule has 0 saturated heterocycles. The van der Waals surface area contributed by atoms with Crippen molar-refractivity contribution in [1.29, 1.82) is 0 Å². The van der Waals surface area contributed by atoms with E-state index in [2.05, 4.69) is 15.3 Å². The molecule has 0 saturated carbocycles. The van der Waals surface area contributed by atoms with Crippen molar-refractivity contribution in [3.8, 4) is 11.5 Å². The van der Waals surface area contributed by atoms with E-state index in [9.17, 15) is 4.79 Å². The number of carbonyl (C=O) groups excluding carboxylic acids is 1. The van der Waals surface area contributed by atoms with E-state index in [-0.39, 0.29) is 11.8 Å². The molecule has 3 rings (SSSR count). The molecule has 1 unspecified atom stereocenters. The summed E-state index contributed by atoms with van der Waals surface area (Å²) in [5.74, 6) is 1.85. The molecule has 0 spiro atoms. The molecule has 1 aromatic heterocycles. The highest BCUT2D eigenvalue weighted by Gasteiger charge is 2.29. The molecule has 0 bridgehead atoms.